The van der Waals surface area contributed by atoms with Crippen LogP contribution in [0.15, 0.2) is 12.4 Å². The molecule has 1 aromatic rings. The molecule has 1 atom stereocenters. The van der Waals surface area contributed by atoms with Gasteiger partial charge in [-0.25, -0.2) is 4.98 Å². The zero-order valence-corrected chi connectivity index (χ0v) is 14.7. The van der Waals surface area contributed by atoms with Crippen molar-refractivity contribution in [2.24, 2.45) is 5.92 Å². The zero-order valence-electron chi connectivity index (χ0n) is 14.7. The highest BCUT2D eigenvalue weighted by Gasteiger charge is 2.47. The molecule has 1 spiro atoms. The van der Waals surface area contributed by atoms with Gasteiger partial charge in [-0.1, -0.05) is 6.92 Å². The molecule has 2 fully saturated rings. The lowest BCUT2D eigenvalue weighted by Gasteiger charge is -2.45. The summed E-state index contributed by atoms with van der Waals surface area (Å²) in [6, 6.07) is 0. The largest absolute Gasteiger partial charge is 0.354 e. The van der Waals surface area contributed by atoms with E-state index in [2.05, 4.69) is 10.3 Å². The Morgan fingerprint density at radius 1 is 1.36 bits per heavy atom. The van der Waals surface area contributed by atoms with Crippen molar-refractivity contribution in [2.75, 3.05) is 19.6 Å². The SMILES string of the molecule is CCC(=O)N1CCC2(CC1)OC(C(=O)NCC1CC1)Cn1ccnc12. The molecule has 1 aliphatic carbocycles. The van der Waals surface area contributed by atoms with Crippen molar-refractivity contribution in [3.05, 3.63) is 18.2 Å². The van der Waals surface area contributed by atoms with Gasteiger partial charge >= 0.3 is 0 Å². The number of aromatic nitrogens is 2. The number of imidazole rings is 1. The topological polar surface area (TPSA) is 76.5 Å². The second kappa shape index (κ2) is 6.44. The molecule has 2 aliphatic heterocycles. The summed E-state index contributed by atoms with van der Waals surface area (Å²) in [5, 5.41) is 3.03. The lowest BCUT2D eigenvalue weighted by atomic mass is 9.88. The molecule has 7 nitrogen and oxygen atoms in total. The number of amides is 2. The first-order chi connectivity index (χ1) is 12.1. The van der Waals surface area contributed by atoms with E-state index >= 15 is 0 Å². The predicted molar refractivity (Wildman–Crippen MR) is 90.6 cm³/mol. The number of rotatable bonds is 4. The summed E-state index contributed by atoms with van der Waals surface area (Å²) in [6.45, 7) is 4.44. The zero-order chi connectivity index (χ0) is 17.4. The number of piperidine rings is 1. The summed E-state index contributed by atoms with van der Waals surface area (Å²) in [5.74, 6) is 1.68. The second-order valence-corrected chi connectivity index (χ2v) is 7.43. The second-order valence-electron chi connectivity index (χ2n) is 7.43. The van der Waals surface area contributed by atoms with Crippen molar-refractivity contribution >= 4 is 11.8 Å². The van der Waals surface area contributed by atoms with E-state index in [1.165, 1.54) is 12.8 Å². The third kappa shape index (κ3) is 3.17. The Morgan fingerprint density at radius 3 is 2.80 bits per heavy atom. The van der Waals surface area contributed by atoms with E-state index in [0.29, 0.717) is 44.8 Å². The Bertz CT molecular complexity index is 659. The predicted octanol–water partition coefficient (Wildman–Crippen LogP) is 1.04. The number of carbonyl (C=O) groups excluding carboxylic acids is 2. The van der Waals surface area contributed by atoms with Crippen LogP contribution in [0.3, 0.4) is 0 Å². The smallest absolute Gasteiger partial charge is 0.251 e. The van der Waals surface area contributed by atoms with Crippen LogP contribution in [0.5, 0.6) is 0 Å². The van der Waals surface area contributed by atoms with Crippen molar-refractivity contribution in [3.8, 4) is 0 Å². The fraction of sp³-hybridized carbons (Fsp3) is 0.722. The molecule has 25 heavy (non-hydrogen) atoms. The molecule has 1 saturated carbocycles. The maximum Gasteiger partial charge on any atom is 0.251 e. The number of hydrogen-bond acceptors (Lipinski definition) is 4. The van der Waals surface area contributed by atoms with Crippen LogP contribution in [0, 0.1) is 5.92 Å². The molecule has 1 saturated heterocycles. The van der Waals surface area contributed by atoms with Gasteiger partial charge in [-0.3, -0.25) is 9.59 Å². The lowest BCUT2D eigenvalue weighted by Crippen LogP contribution is -2.54. The van der Waals surface area contributed by atoms with Crippen LogP contribution < -0.4 is 5.32 Å². The number of carbonyl (C=O) groups is 2. The first-order valence-corrected chi connectivity index (χ1v) is 9.36. The number of nitrogens with zero attached hydrogens (tertiary/aromatic N) is 3. The average Bonchev–Trinajstić information content (AvgIpc) is 3.34. The molecule has 1 unspecified atom stereocenters. The highest BCUT2D eigenvalue weighted by molar-refractivity contribution is 5.81. The fourth-order valence-corrected chi connectivity index (χ4v) is 3.90. The summed E-state index contributed by atoms with van der Waals surface area (Å²) in [6.07, 6.45) is 7.51. The van der Waals surface area contributed by atoms with Gasteiger partial charge in [0.15, 0.2) is 6.10 Å². The van der Waals surface area contributed by atoms with Crippen LogP contribution in [0.1, 0.15) is 44.9 Å². The lowest BCUT2D eigenvalue weighted by molar-refractivity contribution is -0.175. The Labute approximate surface area is 147 Å². The van der Waals surface area contributed by atoms with Gasteiger partial charge in [-0.05, 0) is 18.8 Å². The molecule has 0 aromatic carbocycles. The number of hydrogen-bond donors (Lipinski definition) is 1. The van der Waals surface area contributed by atoms with E-state index in [1.807, 2.05) is 22.6 Å². The monoisotopic (exact) mass is 346 g/mol. The van der Waals surface area contributed by atoms with E-state index in [-0.39, 0.29) is 11.8 Å². The first-order valence-electron chi connectivity index (χ1n) is 9.36. The van der Waals surface area contributed by atoms with Crippen LogP contribution in [-0.2, 0) is 26.5 Å². The molecule has 2 amide bonds. The van der Waals surface area contributed by atoms with E-state index in [1.54, 1.807) is 6.20 Å². The van der Waals surface area contributed by atoms with Gasteiger partial charge in [-0.2, -0.15) is 0 Å². The van der Waals surface area contributed by atoms with Crippen molar-refractivity contribution in [1.82, 2.24) is 19.8 Å². The number of nitrogens with one attached hydrogen (secondary N) is 1. The fourth-order valence-electron chi connectivity index (χ4n) is 3.90. The molecule has 136 valence electrons. The standard InChI is InChI=1S/C18H26N4O3/c1-2-15(23)21-8-5-18(6-9-21)17-19-7-10-22(17)12-14(25-18)16(24)20-11-13-3-4-13/h7,10,13-14H,2-6,8-9,11-12H2,1H3,(H,20,24). The van der Waals surface area contributed by atoms with Gasteiger partial charge in [0, 0.05) is 51.3 Å². The van der Waals surface area contributed by atoms with Crippen LogP contribution in [0.4, 0.5) is 0 Å². The Morgan fingerprint density at radius 2 is 2.12 bits per heavy atom. The van der Waals surface area contributed by atoms with E-state index in [4.69, 9.17) is 4.74 Å². The van der Waals surface area contributed by atoms with Crippen LogP contribution >= 0.6 is 0 Å². The van der Waals surface area contributed by atoms with E-state index < -0.39 is 11.7 Å². The summed E-state index contributed by atoms with van der Waals surface area (Å²) >= 11 is 0. The molecule has 7 heteroatoms. The molecule has 0 bridgehead atoms. The first kappa shape index (κ1) is 16.6. The normalized spacial score (nSPS) is 24.8. The van der Waals surface area contributed by atoms with Crippen LogP contribution in [-0.4, -0.2) is 52.0 Å². The third-order valence-corrected chi connectivity index (χ3v) is 5.63. The van der Waals surface area contributed by atoms with Gasteiger partial charge in [-0.15, -0.1) is 0 Å². The van der Waals surface area contributed by atoms with Crippen molar-refractivity contribution in [3.63, 3.8) is 0 Å². The molecule has 1 aromatic heterocycles. The van der Waals surface area contributed by atoms with Gasteiger partial charge in [0.05, 0.1) is 6.54 Å². The Balaban J connectivity index is 1.49. The summed E-state index contributed by atoms with van der Waals surface area (Å²) in [7, 11) is 0. The van der Waals surface area contributed by atoms with Crippen molar-refractivity contribution in [2.45, 2.75) is 57.3 Å². The van der Waals surface area contributed by atoms with E-state index in [0.717, 1.165) is 12.4 Å². The maximum atomic E-state index is 12.6. The molecule has 3 aliphatic rings. The molecule has 4 rings (SSSR count). The number of ether oxygens (including phenoxy) is 1. The minimum Gasteiger partial charge on any atom is -0.354 e. The Hall–Kier alpha value is -1.89. The summed E-state index contributed by atoms with van der Waals surface area (Å²) in [4.78, 5) is 30.9. The summed E-state index contributed by atoms with van der Waals surface area (Å²) in [5.41, 5.74) is -0.562. The quantitative estimate of drug-likeness (QED) is 0.884. The van der Waals surface area contributed by atoms with Gasteiger partial charge in [0.1, 0.15) is 11.4 Å². The minimum absolute atomic E-state index is 0.0299. The van der Waals surface area contributed by atoms with E-state index in [9.17, 15) is 9.59 Å². The molecule has 0 radical (unpaired) electrons. The highest BCUT2D eigenvalue weighted by atomic mass is 16.5. The van der Waals surface area contributed by atoms with Gasteiger partial charge in [0.25, 0.3) is 5.91 Å². The minimum atomic E-state index is -0.562. The third-order valence-electron chi connectivity index (χ3n) is 5.63. The molecular weight excluding hydrogens is 320 g/mol. The van der Waals surface area contributed by atoms with Gasteiger partial charge in [0.2, 0.25) is 5.91 Å². The molecule has 1 N–H and O–H groups in total. The molecule has 3 heterocycles. The molecular formula is C18H26N4O3. The Kier molecular flexibility index (Phi) is 4.27. The number of likely N-dealkylation sites (tertiary alicyclic amines) is 1. The number of fused-ring (bicyclic) bond motifs is 2. The van der Waals surface area contributed by atoms with Gasteiger partial charge < -0.3 is 19.5 Å². The van der Waals surface area contributed by atoms with Crippen LogP contribution in [0.25, 0.3) is 0 Å². The summed E-state index contributed by atoms with van der Waals surface area (Å²) < 4.78 is 8.39. The van der Waals surface area contributed by atoms with Crippen molar-refractivity contribution < 1.29 is 14.3 Å². The average molecular weight is 346 g/mol. The highest BCUT2D eigenvalue weighted by Crippen LogP contribution is 2.40. The van der Waals surface area contributed by atoms with Crippen LogP contribution in [0.2, 0.25) is 0 Å². The maximum absolute atomic E-state index is 12.6. The van der Waals surface area contributed by atoms with Crippen molar-refractivity contribution in [1.29, 1.82) is 0 Å².